The van der Waals surface area contributed by atoms with E-state index in [2.05, 4.69) is 31.1 Å². The van der Waals surface area contributed by atoms with E-state index < -0.39 is 0 Å². The standard InChI is InChI=1S/C11H24N2/c1-4-13-7-5-11(6-8-13)9-10(2)12-3/h10-12H,4-9H2,1-3H3. The number of piperidine rings is 1. The summed E-state index contributed by atoms with van der Waals surface area (Å²) >= 11 is 0. The summed E-state index contributed by atoms with van der Waals surface area (Å²) in [6.45, 7) is 8.41. The Morgan fingerprint density at radius 3 is 2.46 bits per heavy atom. The lowest BCUT2D eigenvalue weighted by Crippen LogP contribution is -2.35. The monoisotopic (exact) mass is 184 g/mol. The summed E-state index contributed by atoms with van der Waals surface area (Å²) in [4.78, 5) is 2.56. The first-order valence-electron chi connectivity index (χ1n) is 5.65. The van der Waals surface area contributed by atoms with E-state index in [1.54, 1.807) is 0 Å². The molecule has 1 aliphatic heterocycles. The van der Waals surface area contributed by atoms with Crippen LogP contribution in [-0.2, 0) is 0 Å². The van der Waals surface area contributed by atoms with E-state index in [0.29, 0.717) is 6.04 Å². The Labute approximate surface area is 82.7 Å². The highest BCUT2D eigenvalue weighted by Crippen LogP contribution is 2.21. The average molecular weight is 184 g/mol. The van der Waals surface area contributed by atoms with Gasteiger partial charge in [-0.1, -0.05) is 6.92 Å². The highest BCUT2D eigenvalue weighted by Gasteiger charge is 2.19. The van der Waals surface area contributed by atoms with Gasteiger partial charge in [-0.2, -0.15) is 0 Å². The summed E-state index contributed by atoms with van der Waals surface area (Å²) in [5, 5.41) is 3.32. The van der Waals surface area contributed by atoms with Crippen LogP contribution in [0.4, 0.5) is 0 Å². The molecular weight excluding hydrogens is 160 g/mol. The van der Waals surface area contributed by atoms with Gasteiger partial charge in [0.25, 0.3) is 0 Å². The quantitative estimate of drug-likeness (QED) is 0.715. The van der Waals surface area contributed by atoms with Gasteiger partial charge in [0.15, 0.2) is 0 Å². The van der Waals surface area contributed by atoms with E-state index in [1.165, 1.54) is 38.9 Å². The van der Waals surface area contributed by atoms with Gasteiger partial charge in [0.2, 0.25) is 0 Å². The predicted octanol–water partition coefficient (Wildman–Crippen LogP) is 1.72. The van der Waals surface area contributed by atoms with E-state index in [4.69, 9.17) is 0 Å². The van der Waals surface area contributed by atoms with Gasteiger partial charge in [0, 0.05) is 6.04 Å². The minimum Gasteiger partial charge on any atom is -0.317 e. The van der Waals surface area contributed by atoms with Crippen molar-refractivity contribution in [1.29, 1.82) is 0 Å². The van der Waals surface area contributed by atoms with Gasteiger partial charge in [-0.05, 0) is 58.8 Å². The number of likely N-dealkylation sites (tertiary alicyclic amines) is 1. The topological polar surface area (TPSA) is 15.3 Å². The molecule has 2 heteroatoms. The van der Waals surface area contributed by atoms with E-state index in [1.807, 2.05) is 0 Å². The van der Waals surface area contributed by atoms with Crippen molar-refractivity contribution in [2.24, 2.45) is 5.92 Å². The molecule has 0 aromatic carbocycles. The van der Waals surface area contributed by atoms with Gasteiger partial charge in [-0.3, -0.25) is 0 Å². The first-order chi connectivity index (χ1) is 6.26. The number of hydrogen-bond acceptors (Lipinski definition) is 2. The van der Waals surface area contributed by atoms with Crippen LogP contribution in [0, 0.1) is 5.92 Å². The fraction of sp³-hybridized carbons (Fsp3) is 1.00. The zero-order chi connectivity index (χ0) is 9.68. The smallest absolute Gasteiger partial charge is 0.00383 e. The maximum atomic E-state index is 3.32. The minimum absolute atomic E-state index is 0.693. The molecule has 0 aliphatic carbocycles. The maximum absolute atomic E-state index is 3.32. The maximum Gasteiger partial charge on any atom is 0.00383 e. The molecule has 0 bridgehead atoms. The second kappa shape index (κ2) is 5.61. The lowest BCUT2D eigenvalue weighted by atomic mass is 9.91. The molecule has 1 unspecified atom stereocenters. The third kappa shape index (κ3) is 3.65. The third-order valence-electron chi connectivity index (χ3n) is 3.33. The van der Waals surface area contributed by atoms with Gasteiger partial charge < -0.3 is 10.2 Å². The van der Waals surface area contributed by atoms with Crippen LogP contribution in [0.25, 0.3) is 0 Å². The summed E-state index contributed by atoms with van der Waals surface area (Å²) in [5.74, 6) is 0.963. The molecule has 0 amide bonds. The van der Waals surface area contributed by atoms with Crippen LogP contribution in [0.2, 0.25) is 0 Å². The number of nitrogens with one attached hydrogen (secondary N) is 1. The van der Waals surface area contributed by atoms with Crippen LogP contribution >= 0.6 is 0 Å². The number of nitrogens with zero attached hydrogens (tertiary/aromatic N) is 1. The second-order valence-electron chi connectivity index (χ2n) is 4.30. The zero-order valence-corrected chi connectivity index (χ0v) is 9.34. The van der Waals surface area contributed by atoms with E-state index in [0.717, 1.165) is 5.92 Å². The van der Waals surface area contributed by atoms with Crippen molar-refractivity contribution in [2.45, 2.75) is 39.2 Å². The fourth-order valence-electron chi connectivity index (χ4n) is 2.16. The van der Waals surface area contributed by atoms with E-state index in [-0.39, 0.29) is 0 Å². The van der Waals surface area contributed by atoms with E-state index in [9.17, 15) is 0 Å². The summed E-state index contributed by atoms with van der Waals surface area (Å²) in [7, 11) is 2.06. The van der Waals surface area contributed by atoms with Gasteiger partial charge in [-0.15, -0.1) is 0 Å². The highest BCUT2D eigenvalue weighted by atomic mass is 15.1. The summed E-state index contributed by atoms with van der Waals surface area (Å²) < 4.78 is 0. The largest absolute Gasteiger partial charge is 0.317 e. The van der Waals surface area contributed by atoms with Crippen molar-refractivity contribution < 1.29 is 0 Å². The Balaban J connectivity index is 2.17. The first-order valence-corrected chi connectivity index (χ1v) is 5.65. The van der Waals surface area contributed by atoms with Crippen molar-refractivity contribution in [3.05, 3.63) is 0 Å². The lowest BCUT2D eigenvalue weighted by molar-refractivity contribution is 0.180. The fourth-order valence-corrected chi connectivity index (χ4v) is 2.16. The van der Waals surface area contributed by atoms with Crippen molar-refractivity contribution in [3.63, 3.8) is 0 Å². The number of rotatable bonds is 4. The van der Waals surface area contributed by atoms with Gasteiger partial charge in [-0.25, -0.2) is 0 Å². The van der Waals surface area contributed by atoms with Crippen LogP contribution in [0.15, 0.2) is 0 Å². The molecule has 1 fully saturated rings. The lowest BCUT2D eigenvalue weighted by Gasteiger charge is -2.32. The molecule has 0 aromatic heterocycles. The predicted molar refractivity (Wildman–Crippen MR) is 58.0 cm³/mol. The van der Waals surface area contributed by atoms with E-state index >= 15 is 0 Å². The summed E-state index contributed by atoms with van der Waals surface area (Å²) in [6, 6.07) is 0.693. The van der Waals surface area contributed by atoms with Crippen molar-refractivity contribution >= 4 is 0 Å². The molecule has 1 aliphatic rings. The molecule has 1 rings (SSSR count). The van der Waals surface area contributed by atoms with Crippen LogP contribution in [0.1, 0.15) is 33.1 Å². The summed E-state index contributed by atoms with van der Waals surface area (Å²) in [5.41, 5.74) is 0. The molecule has 2 nitrogen and oxygen atoms in total. The second-order valence-corrected chi connectivity index (χ2v) is 4.30. The molecule has 1 heterocycles. The van der Waals surface area contributed by atoms with Gasteiger partial charge in [0.05, 0.1) is 0 Å². The molecule has 1 saturated heterocycles. The first kappa shape index (κ1) is 11.0. The molecule has 78 valence electrons. The van der Waals surface area contributed by atoms with Gasteiger partial charge in [0.1, 0.15) is 0 Å². The van der Waals surface area contributed by atoms with Crippen LogP contribution < -0.4 is 5.32 Å². The molecule has 1 atom stereocenters. The molecule has 13 heavy (non-hydrogen) atoms. The Morgan fingerprint density at radius 2 is 2.00 bits per heavy atom. The summed E-state index contributed by atoms with van der Waals surface area (Å²) in [6.07, 6.45) is 4.16. The molecule has 0 saturated carbocycles. The van der Waals surface area contributed by atoms with Crippen molar-refractivity contribution in [3.8, 4) is 0 Å². The van der Waals surface area contributed by atoms with Crippen molar-refractivity contribution in [2.75, 3.05) is 26.7 Å². The van der Waals surface area contributed by atoms with Crippen molar-refractivity contribution in [1.82, 2.24) is 10.2 Å². The Bertz CT molecular complexity index is 128. The Kier molecular flexibility index (Phi) is 4.74. The third-order valence-corrected chi connectivity index (χ3v) is 3.33. The average Bonchev–Trinajstić information content (AvgIpc) is 2.19. The minimum atomic E-state index is 0.693. The van der Waals surface area contributed by atoms with Crippen LogP contribution in [0.5, 0.6) is 0 Å². The molecular formula is C11H24N2. The SMILES string of the molecule is CCN1CCC(CC(C)NC)CC1. The Hall–Kier alpha value is -0.0800. The molecule has 0 radical (unpaired) electrons. The zero-order valence-electron chi connectivity index (χ0n) is 9.34. The Morgan fingerprint density at radius 1 is 1.38 bits per heavy atom. The molecule has 0 aromatic rings. The van der Waals surface area contributed by atoms with Gasteiger partial charge >= 0.3 is 0 Å². The molecule has 1 N–H and O–H groups in total. The van der Waals surface area contributed by atoms with Crippen LogP contribution in [0.3, 0.4) is 0 Å². The normalized spacial score (nSPS) is 23.3. The van der Waals surface area contributed by atoms with Crippen LogP contribution in [-0.4, -0.2) is 37.6 Å². The highest BCUT2D eigenvalue weighted by molar-refractivity contribution is 4.74. The molecule has 0 spiro atoms. The number of hydrogen-bond donors (Lipinski definition) is 1.